The molecule has 0 bridgehead atoms. The van der Waals surface area contributed by atoms with Gasteiger partial charge in [-0.25, -0.2) is 0 Å². The maximum absolute atomic E-state index is 5.54. The predicted octanol–water partition coefficient (Wildman–Crippen LogP) is 1.07. The van der Waals surface area contributed by atoms with Gasteiger partial charge in [0.15, 0.2) is 0 Å². The lowest BCUT2D eigenvalue weighted by molar-refractivity contribution is 0.0751. The molecule has 0 radical (unpaired) electrons. The standard InChI is InChI=1S/C10H17N3O2/c1-3-9-12-13-10(15-9)8-5-7(6-11-8)14-4-2/h7-8,11H,3-6H2,1-2H3/t7-,8-/m1/s1. The molecule has 15 heavy (non-hydrogen) atoms. The second-order valence-corrected chi connectivity index (χ2v) is 3.66. The van der Waals surface area contributed by atoms with E-state index in [0.29, 0.717) is 11.8 Å². The fourth-order valence-electron chi connectivity index (χ4n) is 1.80. The van der Waals surface area contributed by atoms with Crippen molar-refractivity contribution in [3.8, 4) is 0 Å². The molecule has 0 aromatic carbocycles. The van der Waals surface area contributed by atoms with Crippen LogP contribution in [-0.4, -0.2) is 29.5 Å². The van der Waals surface area contributed by atoms with Crippen molar-refractivity contribution >= 4 is 0 Å². The first-order valence-corrected chi connectivity index (χ1v) is 5.50. The van der Waals surface area contributed by atoms with Gasteiger partial charge in [0.1, 0.15) is 0 Å². The summed E-state index contributed by atoms with van der Waals surface area (Å²) in [6.07, 6.45) is 1.98. The molecule has 0 aliphatic carbocycles. The van der Waals surface area contributed by atoms with Crippen LogP contribution in [0, 0.1) is 0 Å². The first-order valence-electron chi connectivity index (χ1n) is 5.50. The second-order valence-electron chi connectivity index (χ2n) is 3.66. The van der Waals surface area contributed by atoms with E-state index >= 15 is 0 Å². The molecule has 0 amide bonds. The van der Waals surface area contributed by atoms with E-state index in [0.717, 1.165) is 26.0 Å². The molecule has 1 saturated heterocycles. The van der Waals surface area contributed by atoms with E-state index in [-0.39, 0.29) is 12.1 Å². The Labute approximate surface area is 89.2 Å². The lowest BCUT2D eigenvalue weighted by Crippen LogP contribution is -2.17. The quantitative estimate of drug-likeness (QED) is 0.807. The molecular formula is C10H17N3O2. The maximum Gasteiger partial charge on any atom is 0.233 e. The monoisotopic (exact) mass is 211 g/mol. The lowest BCUT2D eigenvalue weighted by Gasteiger charge is -2.07. The zero-order valence-corrected chi connectivity index (χ0v) is 9.19. The van der Waals surface area contributed by atoms with E-state index in [2.05, 4.69) is 15.5 Å². The molecule has 84 valence electrons. The van der Waals surface area contributed by atoms with E-state index in [1.54, 1.807) is 0 Å². The van der Waals surface area contributed by atoms with Crippen LogP contribution in [0.3, 0.4) is 0 Å². The number of hydrogen-bond acceptors (Lipinski definition) is 5. The van der Waals surface area contributed by atoms with Crippen molar-refractivity contribution in [3.63, 3.8) is 0 Å². The largest absolute Gasteiger partial charge is 0.424 e. The Hall–Kier alpha value is -0.940. The number of ether oxygens (including phenoxy) is 1. The normalized spacial score (nSPS) is 26.0. The average molecular weight is 211 g/mol. The number of aromatic nitrogens is 2. The van der Waals surface area contributed by atoms with Crippen molar-refractivity contribution in [1.82, 2.24) is 15.5 Å². The van der Waals surface area contributed by atoms with Gasteiger partial charge < -0.3 is 14.5 Å². The summed E-state index contributed by atoms with van der Waals surface area (Å²) in [6, 6.07) is 0.161. The Bertz CT molecular complexity index is 313. The van der Waals surface area contributed by atoms with Gasteiger partial charge in [-0.2, -0.15) is 0 Å². The van der Waals surface area contributed by atoms with Crippen molar-refractivity contribution in [2.24, 2.45) is 0 Å². The highest BCUT2D eigenvalue weighted by Crippen LogP contribution is 2.23. The van der Waals surface area contributed by atoms with Gasteiger partial charge in [-0.1, -0.05) is 6.92 Å². The highest BCUT2D eigenvalue weighted by molar-refractivity contribution is 4.95. The summed E-state index contributed by atoms with van der Waals surface area (Å²) < 4.78 is 11.0. The Morgan fingerprint density at radius 1 is 1.47 bits per heavy atom. The molecule has 1 N–H and O–H groups in total. The molecule has 2 atom stereocenters. The summed E-state index contributed by atoms with van der Waals surface area (Å²) in [5.74, 6) is 1.39. The van der Waals surface area contributed by atoms with Gasteiger partial charge in [0.25, 0.3) is 0 Å². The summed E-state index contributed by atoms with van der Waals surface area (Å²) in [6.45, 7) is 5.63. The molecule has 1 aliphatic rings. The van der Waals surface area contributed by atoms with Gasteiger partial charge in [-0.15, -0.1) is 10.2 Å². The van der Waals surface area contributed by atoms with Crippen molar-refractivity contribution in [2.75, 3.05) is 13.2 Å². The van der Waals surface area contributed by atoms with Crippen molar-refractivity contribution < 1.29 is 9.15 Å². The zero-order valence-electron chi connectivity index (χ0n) is 9.19. The van der Waals surface area contributed by atoms with Gasteiger partial charge in [0, 0.05) is 19.6 Å². The van der Waals surface area contributed by atoms with Gasteiger partial charge in [-0.05, 0) is 13.3 Å². The van der Waals surface area contributed by atoms with Crippen LogP contribution in [0.2, 0.25) is 0 Å². The number of aryl methyl sites for hydroxylation is 1. The molecule has 1 aromatic rings. The van der Waals surface area contributed by atoms with Gasteiger partial charge in [0.05, 0.1) is 12.1 Å². The lowest BCUT2D eigenvalue weighted by atomic mass is 10.2. The minimum Gasteiger partial charge on any atom is -0.424 e. The molecule has 2 rings (SSSR count). The van der Waals surface area contributed by atoms with Gasteiger partial charge in [0.2, 0.25) is 11.8 Å². The number of rotatable bonds is 4. The van der Waals surface area contributed by atoms with E-state index < -0.39 is 0 Å². The van der Waals surface area contributed by atoms with Crippen LogP contribution in [0.4, 0.5) is 0 Å². The fourth-order valence-corrected chi connectivity index (χ4v) is 1.80. The summed E-state index contributed by atoms with van der Waals surface area (Å²) in [7, 11) is 0. The van der Waals surface area contributed by atoms with E-state index in [9.17, 15) is 0 Å². The zero-order chi connectivity index (χ0) is 10.7. The van der Waals surface area contributed by atoms with Gasteiger partial charge >= 0.3 is 0 Å². The third-order valence-electron chi connectivity index (χ3n) is 2.58. The topological polar surface area (TPSA) is 60.2 Å². The molecule has 1 aromatic heterocycles. The average Bonchev–Trinajstić information content (AvgIpc) is 2.85. The summed E-state index contributed by atoms with van der Waals surface area (Å²) in [4.78, 5) is 0. The third-order valence-corrected chi connectivity index (χ3v) is 2.58. The van der Waals surface area contributed by atoms with Crippen LogP contribution in [-0.2, 0) is 11.2 Å². The highest BCUT2D eigenvalue weighted by Gasteiger charge is 2.29. The smallest absolute Gasteiger partial charge is 0.233 e. The van der Waals surface area contributed by atoms with Crippen LogP contribution >= 0.6 is 0 Å². The first-order chi connectivity index (χ1) is 7.33. The Balaban J connectivity index is 1.95. The first kappa shape index (κ1) is 10.6. The molecule has 0 saturated carbocycles. The van der Waals surface area contributed by atoms with Crippen molar-refractivity contribution in [1.29, 1.82) is 0 Å². The Morgan fingerprint density at radius 2 is 2.33 bits per heavy atom. The minimum atomic E-state index is 0.161. The molecule has 1 aliphatic heterocycles. The SMILES string of the molecule is CCO[C@H]1CN[C@@H](c2nnc(CC)o2)C1. The van der Waals surface area contributed by atoms with Crippen LogP contribution in [0.25, 0.3) is 0 Å². The Kier molecular flexibility index (Phi) is 3.33. The predicted molar refractivity (Wildman–Crippen MR) is 54.5 cm³/mol. The second kappa shape index (κ2) is 4.72. The van der Waals surface area contributed by atoms with Crippen molar-refractivity contribution in [3.05, 3.63) is 11.8 Å². The summed E-state index contributed by atoms with van der Waals surface area (Å²) in [5.41, 5.74) is 0. The van der Waals surface area contributed by atoms with Crippen LogP contribution in [0.15, 0.2) is 4.42 Å². The molecule has 5 nitrogen and oxygen atoms in total. The summed E-state index contributed by atoms with van der Waals surface area (Å²) >= 11 is 0. The molecule has 5 heteroatoms. The molecule has 1 fully saturated rings. The van der Waals surface area contributed by atoms with E-state index in [4.69, 9.17) is 9.15 Å². The number of nitrogens with zero attached hydrogens (tertiary/aromatic N) is 2. The number of nitrogens with one attached hydrogen (secondary N) is 1. The Morgan fingerprint density at radius 3 is 3.00 bits per heavy atom. The maximum atomic E-state index is 5.54. The minimum absolute atomic E-state index is 0.161. The van der Waals surface area contributed by atoms with Crippen LogP contribution in [0.1, 0.15) is 38.1 Å². The van der Waals surface area contributed by atoms with Crippen LogP contribution in [0.5, 0.6) is 0 Å². The van der Waals surface area contributed by atoms with Gasteiger partial charge in [-0.3, -0.25) is 0 Å². The number of hydrogen-bond donors (Lipinski definition) is 1. The third kappa shape index (κ3) is 2.35. The van der Waals surface area contributed by atoms with E-state index in [1.165, 1.54) is 0 Å². The van der Waals surface area contributed by atoms with E-state index in [1.807, 2.05) is 13.8 Å². The van der Waals surface area contributed by atoms with Crippen LogP contribution < -0.4 is 5.32 Å². The molecular weight excluding hydrogens is 194 g/mol. The van der Waals surface area contributed by atoms with Crippen molar-refractivity contribution in [2.45, 2.75) is 38.8 Å². The highest BCUT2D eigenvalue weighted by atomic mass is 16.5. The summed E-state index contributed by atoms with van der Waals surface area (Å²) in [5, 5.41) is 11.3. The fraction of sp³-hybridized carbons (Fsp3) is 0.800. The molecule has 0 spiro atoms. The molecule has 2 heterocycles. The molecule has 0 unspecified atom stereocenters.